The third-order valence-electron chi connectivity index (χ3n) is 1.80. The Balaban J connectivity index is 2.29. The maximum atomic E-state index is 5.58. The van der Waals surface area contributed by atoms with Crippen molar-refractivity contribution in [2.24, 2.45) is 5.16 Å². The highest BCUT2D eigenvalue weighted by Gasteiger charge is 2.05. The van der Waals surface area contributed by atoms with E-state index in [0.717, 1.165) is 24.1 Å². The van der Waals surface area contributed by atoms with Crippen LogP contribution in [-0.4, -0.2) is 30.4 Å². The number of rotatable bonds is 6. The summed E-state index contributed by atoms with van der Waals surface area (Å²) in [6, 6.07) is 0. The first-order chi connectivity index (χ1) is 7.36. The molecular formula is C11H16BrNO2. The predicted octanol–water partition coefficient (Wildman–Crippen LogP) is 2.68. The van der Waals surface area contributed by atoms with Crippen molar-refractivity contribution >= 4 is 21.6 Å². The van der Waals surface area contributed by atoms with Crippen LogP contribution in [0, 0.1) is 0 Å². The molecule has 0 saturated heterocycles. The third-order valence-corrected chi connectivity index (χ3v) is 2.36. The van der Waals surface area contributed by atoms with Crippen molar-refractivity contribution in [3.63, 3.8) is 0 Å². The lowest BCUT2D eigenvalue weighted by Crippen LogP contribution is -2.12. The Kier molecular flexibility index (Phi) is 6.36. The van der Waals surface area contributed by atoms with Gasteiger partial charge in [0.05, 0.1) is 6.10 Å². The second kappa shape index (κ2) is 7.65. The van der Waals surface area contributed by atoms with Crippen molar-refractivity contribution < 1.29 is 9.57 Å². The molecule has 1 aliphatic carbocycles. The Bertz CT molecular complexity index is 245. The molecule has 0 aromatic carbocycles. The summed E-state index contributed by atoms with van der Waals surface area (Å²) in [6.07, 6.45) is 8.88. The average Bonchev–Trinajstić information content (AvgIpc) is 2.28. The molecule has 0 fully saturated rings. The van der Waals surface area contributed by atoms with Crippen LogP contribution >= 0.6 is 15.9 Å². The van der Waals surface area contributed by atoms with E-state index < -0.39 is 0 Å². The normalized spacial score (nSPS) is 19.3. The number of ether oxygens (including phenoxy) is 1. The lowest BCUT2D eigenvalue weighted by Gasteiger charge is -2.12. The molecule has 15 heavy (non-hydrogen) atoms. The lowest BCUT2D eigenvalue weighted by molar-refractivity contribution is 0.116. The van der Waals surface area contributed by atoms with Gasteiger partial charge in [-0.25, -0.2) is 0 Å². The highest BCUT2D eigenvalue weighted by molar-refractivity contribution is 9.09. The Labute approximate surface area is 98.9 Å². The van der Waals surface area contributed by atoms with E-state index in [1.807, 2.05) is 31.2 Å². The standard InChI is InChI=1S/C11H16BrNO2/c1-2-15-13-10-4-6-11(7-5-10)14-9-3-8-12/h4-7,11H,2-3,8-9H2,1H3. The number of nitrogens with zero attached hydrogens (tertiary/aromatic N) is 1. The van der Waals surface area contributed by atoms with E-state index in [9.17, 15) is 0 Å². The van der Waals surface area contributed by atoms with Gasteiger partial charge < -0.3 is 9.57 Å². The second-order valence-electron chi connectivity index (χ2n) is 3.03. The summed E-state index contributed by atoms with van der Waals surface area (Å²) in [6.45, 7) is 3.27. The summed E-state index contributed by atoms with van der Waals surface area (Å²) in [5.41, 5.74) is 0.831. The zero-order valence-electron chi connectivity index (χ0n) is 8.86. The maximum absolute atomic E-state index is 5.58. The van der Waals surface area contributed by atoms with E-state index in [1.54, 1.807) is 0 Å². The van der Waals surface area contributed by atoms with Crippen molar-refractivity contribution in [1.29, 1.82) is 0 Å². The Morgan fingerprint density at radius 3 is 2.73 bits per heavy atom. The Hall–Kier alpha value is -0.610. The van der Waals surface area contributed by atoms with Gasteiger partial charge in [0.1, 0.15) is 12.3 Å². The van der Waals surface area contributed by atoms with E-state index in [0.29, 0.717) is 6.61 Å². The quantitative estimate of drug-likeness (QED) is 0.423. The molecule has 0 atom stereocenters. The van der Waals surface area contributed by atoms with Crippen LogP contribution in [-0.2, 0) is 9.57 Å². The number of allylic oxidation sites excluding steroid dienone is 2. The van der Waals surface area contributed by atoms with Crippen molar-refractivity contribution in [3.8, 4) is 0 Å². The molecule has 0 aliphatic heterocycles. The van der Waals surface area contributed by atoms with Gasteiger partial charge >= 0.3 is 0 Å². The van der Waals surface area contributed by atoms with Crippen molar-refractivity contribution in [1.82, 2.24) is 0 Å². The van der Waals surface area contributed by atoms with Crippen molar-refractivity contribution in [2.45, 2.75) is 19.4 Å². The molecule has 4 heteroatoms. The van der Waals surface area contributed by atoms with Gasteiger partial charge in [-0.15, -0.1) is 0 Å². The summed E-state index contributed by atoms with van der Waals surface area (Å²) < 4.78 is 5.58. The molecule has 0 bridgehead atoms. The van der Waals surface area contributed by atoms with E-state index in [1.165, 1.54) is 0 Å². The van der Waals surface area contributed by atoms with Crippen LogP contribution < -0.4 is 0 Å². The van der Waals surface area contributed by atoms with Crippen molar-refractivity contribution in [3.05, 3.63) is 24.3 Å². The van der Waals surface area contributed by atoms with Crippen LogP contribution in [0.25, 0.3) is 0 Å². The van der Waals surface area contributed by atoms with Gasteiger partial charge in [0.2, 0.25) is 0 Å². The Morgan fingerprint density at radius 1 is 1.40 bits per heavy atom. The van der Waals surface area contributed by atoms with Gasteiger partial charge in [0, 0.05) is 11.9 Å². The fourth-order valence-corrected chi connectivity index (χ4v) is 1.32. The van der Waals surface area contributed by atoms with Crippen LogP contribution in [0.1, 0.15) is 13.3 Å². The third kappa shape index (κ3) is 5.14. The number of alkyl halides is 1. The minimum Gasteiger partial charge on any atom is -0.396 e. The van der Waals surface area contributed by atoms with Gasteiger partial charge in [-0.3, -0.25) is 0 Å². The molecule has 0 radical (unpaired) electrons. The molecule has 0 saturated carbocycles. The van der Waals surface area contributed by atoms with E-state index in [-0.39, 0.29) is 6.10 Å². The highest BCUT2D eigenvalue weighted by atomic mass is 79.9. The molecule has 0 unspecified atom stereocenters. The molecule has 0 N–H and O–H groups in total. The summed E-state index contributed by atoms with van der Waals surface area (Å²) in [4.78, 5) is 4.95. The molecule has 0 aromatic rings. The first-order valence-corrected chi connectivity index (χ1v) is 6.23. The molecule has 0 amide bonds. The number of oxime groups is 1. The first-order valence-electron chi connectivity index (χ1n) is 5.10. The fraction of sp³-hybridized carbons (Fsp3) is 0.545. The summed E-state index contributed by atoms with van der Waals surface area (Å²) in [7, 11) is 0. The van der Waals surface area contributed by atoms with Crippen LogP contribution in [0.5, 0.6) is 0 Å². The second-order valence-corrected chi connectivity index (χ2v) is 3.82. The van der Waals surface area contributed by atoms with Gasteiger partial charge in [0.25, 0.3) is 0 Å². The molecule has 0 aromatic heterocycles. The lowest BCUT2D eigenvalue weighted by atomic mass is 10.1. The first kappa shape index (κ1) is 12.5. The fourth-order valence-electron chi connectivity index (χ4n) is 1.09. The zero-order valence-corrected chi connectivity index (χ0v) is 10.4. The molecule has 0 heterocycles. The number of hydrogen-bond acceptors (Lipinski definition) is 3. The summed E-state index contributed by atoms with van der Waals surface area (Å²) in [5.74, 6) is 0. The molecule has 1 aliphatic rings. The molecule has 1 rings (SSSR count). The van der Waals surface area contributed by atoms with Crippen molar-refractivity contribution in [2.75, 3.05) is 18.5 Å². The van der Waals surface area contributed by atoms with E-state index >= 15 is 0 Å². The van der Waals surface area contributed by atoms with Gasteiger partial charge in [-0.1, -0.05) is 21.1 Å². The van der Waals surface area contributed by atoms with Crippen LogP contribution in [0.15, 0.2) is 29.5 Å². The average molecular weight is 274 g/mol. The highest BCUT2D eigenvalue weighted by Crippen LogP contribution is 2.05. The predicted molar refractivity (Wildman–Crippen MR) is 65.5 cm³/mol. The maximum Gasteiger partial charge on any atom is 0.114 e. The van der Waals surface area contributed by atoms with Gasteiger partial charge in [0.15, 0.2) is 0 Å². The van der Waals surface area contributed by atoms with Gasteiger partial charge in [-0.2, -0.15) is 0 Å². The Morgan fingerprint density at radius 2 is 2.13 bits per heavy atom. The van der Waals surface area contributed by atoms with Gasteiger partial charge in [-0.05, 0) is 37.6 Å². The van der Waals surface area contributed by atoms with Crippen LogP contribution in [0.4, 0.5) is 0 Å². The SMILES string of the molecule is CCON=C1C=CC(OCCCBr)C=C1. The molecule has 84 valence electrons. The number of hydrogen-bond donors (Lipinski definition) is 0. The molecule has 0 spiro atoms. The topological polar surface area (TPSA) is 30.8 Å². The van der Waals surface area contributed by atoms with E-state index in [4.69, 9.17) is 9.57 Å². The molecular weight excluding hydrogens is 258 g/mol. The minimum atomic E-state index is 0.0737. The smallest absolute Gasteiger partial charge is 0.114 e. The van der Waals surface area contributed by atoms with E-state index in [2.05, 4.69) is 21.1 Å². The molecule has 3 nitrogen and oxygen atoms in total. The summed E-state index contributed by atoms with van der Waals surface area (Å²) in [5, 5.41) is 4.89. The van der Waals surface area contributed by atoms with Crippen LogP contribution in [0.3, 0.4) is 0 Å². The monoisotopic (exact) mass is 273 g/mol. The van der Waals surface area contributed by atoms with Crippen LogP contribution in [0.2, 0.25) is 0 Å². The largest absolute Gasteiger partial charge is 0.396 e. The minimum absolute atomic E-state index is 0.0737. The summed E-state index contributed by atoms with van der Waals surface area (Å²) >= 11 is 3.36. The zero-order chi connectivity index (χ0) is 10.9. The number of halogens is 1.